The first kappa shape index (κ1) is 19.2. The van der Waals surface area contributed by atoms with Crippen LogP contribution in [0.15, 0.2) is 0 Å². The number of ether oxygens (including phenoxy) is 1. The van der Waals surface area contributed by atoms with Gasteiger partial charge in [-0.05, 0) is 87.4 Å². The van der Waals surface area contributed by atoms with Gasteiger partial charge in [0, 0.05) is 13.7 Å². The molecule has 0 bridgehead atoms. The summed E-state index contributed by atoms with van der Waals surface area (Å²) in [6, 6.07) is 2.80. The van der Waals surface area contributed by atoms with E-state index < -0.39 is 0 Å². The van der Waals surface area contributed by atoms with E-state index in [0.29, 0.717) is 0 Å². The quantitative estimate of drug-likeness (QED) is 0.503. The fourth-order valence-corrected chi connectivity index (χ4v) is 6.67. The van der Waals surface area contributed by atoms with Gasteiger partial charge in [0.05, 0.1) is 11.5 Å². The van der Waals surface area contributed by atoms with Crippen LogP contribution in [0.3, 0.4) is 0 Å². The van der Waals surface area contributed by atoms with Gasteiger partial charge in [0.25, 0.3) is 0 Å². The van der Waals surface area contributed by atoms with Crippen LogP contribution in [-0.4, -0.2) is 13.7 Å². The Morgan fingerprint density at radius 2 is 1.84 bits per heavy atom. The normalized spacial score (nSPS) is 40.8. The summed E-state index contributed by atoms with van der Waals surface area (Å²) < 4.78 is 5.31. The Morgan fingerprint density at radius 3 is 2.60 bits per heavy atom. The van der Waals surface area contributed by atoms with Crippen LogP contribution >= 0.6 is 0 Å². The maximum absolute atomic E-state index is 9.92. The van der Waals surface area contributed by atoms with Crippen molar-refractivity contribution < 1.29 is 4.74 Å². The van der Waals surface area contributed by atoms with E-state index in [9.17, 15) is 5.26 Å². The van der Waals surface area contributed by atoms with Crippen LogP contribution in [0.2, 0.25) is 0 Å². The minimum Gasteiger partial charge on any atom is -0.385 e. The summed E-state index contributed by atoms with van der Waals surface area (Å²) in [6.45, 7) is 3.21. The number of hydrogen-bond acceptors (Lipinski definition) is 2. The molecule has 6 atom stereocenters. The van der Waals surface area contributed by atoms with Gasteiger partial charge >= 0.3 is 0 Å². The molecule has 0 spiro atoms. The van der Waals surface area contributed by atoms with Crippen molar-refractivity contribution in [3.8, 4) is 6.07 Å². The predicted molar refractivity (Wildman–Crippen MR) is 103 cm³/mol. The van der Waals surface area contributed by atoms with Gasteiger partial charge in [-0.2, -0.15) is 5.26 Å². The minimum atomic E-state index is 0.0266. The lowest BCUT2D eigenvalue weighted by Crippen LogP contribution is -2.44. The topological polar surface area (TPSA) is 33.0 Å². The summed E-state index contributed by atoms with van der Waals surface area (Å²) in [7, 11) is 1.83. The second-order valence-electron chi connectivity index (χ2n) is 9.48. The second-order valence-corrected chi connectivity index (χ2v) is 9.48. The third kappa shape index (κ3) is 4.41. The van der Waals surface area contributed by atoms with Crippen LogP contribution < -0.4 is 0 Å². The number of nitriles is 1. The molecular formula is C23H39NO. The fourth-order valence-electron chi connectivity index (χ4n) is 6.67. The van der Waals surface area contributed by atoms with Gasteiger partial charge < -0.3 is 4.74 Å². The summed E-state index contributed by atoms with van der Waals surface area (Å²) in [4.78, 5) is 0. The zero-order chi connectivity index (χ0) is 17.7. The SMILES string of the molecule is CCCCC[C@]1(C#N)CCC2C(CCC3C[C@H](CCOC)CCC32)C1. The molecule has 0 aromatic carbocycles. The molecule has 0 amide bonds. The number of methoxy groups -OCH3 is 1. The summed E-state index contributed by atoms with van der Waals surface area (Å²) in [6.07, 6.45) is 17.2. The van der Waals surface area contributed by atoms with Crippen molar-refractivity contribution in [2.24, 2.45) is 35.0 Å². The molecule has 0 aromatic rings. The zero-order valence-corrected chi connectivity index (χ0v) is 16.6. The van der Waals surface area contributed by atoms with Crippen LogP contribution in [0.1, 0.15) is 90.4 Å². The van der Waals surface area contributed by atoms with Gasteiger partial charge in [0.15, 0.2) is 0 Å². The Bertz CT molecular complexity index is 455. The lowest BCUT2D eigenvalue weighted by atomic mass is 9.52. The Hall–Kier alpha value is -0.550. The first-order valence-electron chi connectivity index (χ1n) is 11.1. The van der Waals surface area contributed by atoms with Crippen molar-refractivity contribution in [3.05, 3.63) is 0 Å². The first-order valence-corrected chi connectivity index (χ1v) is 11.1. The molecule has 0 aromatic heterocycles. The molecule has 2 heteroatoms. The molecule has 0 saturated heterocycles. The molecule has 3 fully saturated rings. The van der Waals surface area contributed by atoms with E-state index in [4.69, 9.17) is 4.74 Å². The highest BCUT2D eigenvalue weighted by molar-refractivity contribution is 5.06. The Kier molecular flexibility index (Phi) is 6.84. The largest absolute Gasteiger partial charge is 0.385 e. The number of unbranched alkanes of at least 4 members (excludes halogenated alkanes) is 2. The Balaban J connectivity index is 1.57. The lowest BCUT2D eigenvalue weighted by molar-refractivity contribution is -0.0200. The van der Waals surface area contributed by atoms with Crippen molar-refractivity contribution in [2.45, 2.75) is 90.4 Å². The average molecular weight is 346 g/mol. The molecule has 0 N–H and O–H groups in total. The van der Waals surface area contributed by atoms with Crippen molar-refractivity contribution >= 4 is 0 Å². The molecule has 3 saturated carbocycles. The van der Waals surface area contributed by atoms with Gasteiger partial charge in [-0.25, -0.2) is 0 Å². The van der Waals surface area contributed by atoms with E-state index in [1.807, 2.05) is 7.11 Å². The second kappa shape index (κ2) is 8.90. The van der Waals surface area contributed by atoms with E-state index in [1.165, 1.54) is 77.0 Å². The number of rotatable bonds is 7. The molecule has 142 valence electrons. The molecule has 3 aliphatic rings. The first-order chi connectivity index (χ1) is 12.2. The van der Waals surface area contributed by atoms with Crippen molar-refractivity contribution in [2.75, 3.05) is 13.7 Å². The third-order valence-electron chi connectivity index (χ3n) is 8.05. The van der Waals surface area contributed by atoms with Gasteiger partial charge in [-0.1, -0.05) is 32.6 Å². The summed E-state index contributed by atoms with van der Waals surface area (Å²) >= 11 is 0. The van der Waals surface area contributed by atoms with E-state index in [1.54, 1.807) is 0 Å². The van der Waals surface area contributed by atoms with Crippen LogP contribution in [-0.2, 0) is 4.74 Å². The maximum Gasteiger partial charge on any atom is 0.0689 e. The van der Waals surface area contributed by atoms with Crippen molar-refractivity contribution in [1.29, 1.82) is 5.26 Å². The lowest BCUT2D eigenvalue weighted by Gasteiger charge is -2.52. The van der Waals surface area contributed by atoms with Gasteiger partial charge in [0.1, 0.15) is 0 Å². The standard InChI is InChI=1S/C23H39NO/c1-3-4-5-12-23(17-24)13-10-22-20(16-23)8-7-19-15-18(11-14-25-2)6-9-21(19)22/h18-22H,3-16H2,1-2H3/t18-,19?,20?,21?,22?,23-/m0/s1. The molecule has 0 heterocycles. The van der Waals surface area contributed by atoms with Crippen LogP contribution in [0, 0.1) is 46.3 Å². The van der Waals surface area contributed by atoms with E-state index in [0.717, 1.165) is 42.6 Å². The van der Waals surface area contributed by atoms with Crippen LogP contribution in [0.25, 0.3) is 0 Å². The molecular weight excluding hydrogens is 306 g/mol. The maximum atomic E-state index is 9.92. The van der Waals surface area contributed by atoms with Crippen LogP contribution in [0.5, 0.6) is 0 Å². The van der Waals surface area contributed by atoms with Crippen molar-refractivity contribution in [3.63, 3.8) is 0 Å². The van der Waals surface area contributed by atoms with Crippen LogP contribution in [0.4, 0.5) is 0 Å². The average Bonchev–Trinajstić information content (AvgIpc) is 2.66. The highest BCUT2D eigenvalue weighted by Gasteiger charge is 2.48. The molecule has 25 heavy (non-hydrogen) atoms. The highest BCUT2D eigenvalue weighted by Crippen LogP contribution is 2.57. The summed E-state index contributed by atoms with van der Waals surface area (Å²) in [5, 5.41) is 9.92. The zero-order valence-electron chi connectivity index (χ0n) is 16.6. The van der Waals surface area contributed by atoms with E-state index >= 15 is 0 Å². The molecule has 3 aliphatic carbocycles. The van der Waals surface area contributed by atoms with Gasteiger partial charge in [-0.15, -0.1) is 0 Å². The third-order valence-corrected chi connectivity index (χ3v) is 8.05. The summed E-state index contributed by atoms with van der Waals surface area (Å²) in [5.74, 6) is 4.66. The van der Waals surface area contributed by atoms with Gasteiger partial charge in [-0.3, -0.25) is 0 Å². The van der Waals surface area contributed by atoms with E-state index in [2.05, 4.69) is 13.0 Å². The molecule has 0 radical (unpaired) electrons. The van der Waals surface area contributed by atoms with Gasteiger partial charge in [0.2, 0.25) is 0 Å². The predicted octanol–water partition coefficient (Wildman–Crippen LogP) is 6.36. The molecule has 2 nitrogen and oxygen atoms in total. The Morgan fingerprint density at radius 1 is 1.04 bits per heavy atom. The fraction of sp³-hybridized carbons (Fsp3) is 0.957. The summed E-state index contributed by atoms with van der Waals surface area (Å²) in [5.41, 5.74) is 0.0266. The van der Waals surface area contributed by atoms with E-state index in [-0.39, 0.29) is 5.41 Å². The van der Waals surface area contributed by atoms with Crippen molar-refractivity contribution in [1.82, 2.24) is 0 Å². The number of fused-ring (bicyclic) bond motifs is 3. The Labute approximate surface area is 155 Å². The highest BCUT2D eigenvalue weighted by atomic mass is 16.5. The molecule has 0 aliphatic heterocycles. The number of hydrogen-bond donors (Lipinski definition) is 0. The molecule has 3 rings (SSSR count). The minimum absolute atomic E-state index is 0.0266. The molecule has 4 unspecified atom stereocenters. The number of nitrogens with zero attached hydrogens (tertiary/aromatic N) is 1. The smallest absolute Gasteiger partial charge is 0.0689 e. The monoisotopic (exact) mass is 345 g/mol.